The maximum absolute atomic E-state index is 12.6. The predicted octanol–water partition coefficient (Wildman–Crippen LogP) is 5.63. The lowest BCUT2D eigenvalue weighted by Crippen LogP contribution is -2.11. The maximum Gasteiger partial charge on any atom is 0.267 e. The molecule has 3 rings (SSSR count). The van der Waals surface area contributed by atoms with Crippen LogP contribution in [-0.2, 0) is 13.0 Å². The molecular formula is C23H26N2O3S. The molecule has 6 heteroatoms. The number of ether oxygens (including phenoxy) is 2. The Hall–Kier alpha value is -2.86. The van der Waals surface area contributed by atoms with E-state index in [0.29, 0.717) is 22.9 Å². The molecule has 1 amide bonds. The van der Waals surface area contributed by atoms with Crippen molar-refractivity contribution < 1.29 is 14.3 Å². The smallest absolute Gasteiger partial charge is 0.267 e. The molecule has 0 unspecified atom stereocenters. The van der Waals surface area contributed by atoms with E-state index in [0.717, 1.165) is 22.9 Å². The molecular weight excluding hydrogens is 384 g/mol. The summed E-state index contributed by atoms with van der Waals surface area (Å²) in [6.45, 7) is 8.25. The normalized spacial score (nSPS) is 10.8. The number of hydrogen-bond donors (Lipinski definition) is 1. The van der Waals surface area contributed by atoms with E-state index >= 15 is 0 Å². The fraction of sp³-hybridized carbons (Fsp3) is 0.304. The largest absolute Gasteiger partial charge is 0.491 e. The van der Waals surface area contributed by atoms with E-state index in [4.69, 9.17) is 9.47 Å². The Morgan fingerprint density at radius 3 is 2.34 bits per heavy atom. The van der Waals surface area contributed by atoms with Gasteiger partial charge >= 0.3 is 0 Å². The first-order valence-corrected chi connectivity index (χ1v) is 10.5. The molecule has 5 nitrogen and oxygen atoms in total. The van der Waals surface area contributed by atoms with E-state index in [-0.39, 0.29) is 12.0 Å². The molecule has 0 saturated carbocycles. The molecule has 0 radical (unpaired) electrons. The van der Waals surface area contributed by atoms with Gasteiger partial charge in [0, 0.05) is 5.69 Å². The third-order valence-corrected chi connectivity index (χ3v) is 5.35. The van der Waals surface area contributed by atoms with Crippen molar-refractivity contribution in [3.63, 3.8) is 0 Å². The number of thiazole rings is 1. The Labute approximate surface area is 175 Å². The quantitative estimate of drug-likeness (QED) is 0.523. The van der Waals surface area contributed by atoms with Gasteiger partial charge in [0.1, 0.15) is 28.0 Å². The summed E-state index contributed by atoms with van der Waals surface area (Å²) in [6, 6.07) is 15.4. The zero-order valence-electron chi connectivity index (χ0n) is 17.2. The Kier molecular flexibility index (Phi) is 6.88. The van der Waals surface area contributed by atoms with Crippen LogP contribution in [-0.4, -0.2) is 17.0 Å². The first-order valence-electron chi connectivity index (χ1n) is 9.70. The molecule has 1 N–H and O–H groups in total. The van der Waals surface area contributed by atoms with Crippen molar-refractivity contribution in [3.8, 4) is 11.5 Å². The Balaban J connectivity index is 1.60. The molecule has 2 aromatic carbocycles. The fourth-order valence-corrected chi connectivity index (χ4v) is 3.64. The van der Waals surface area contributed by atoms with Gasteiger partial charge in [-0.25, -0.2) is 4.98 Å². The zero-order chi connectivity index (χ0) is 20.8. The number of carbonyl (C=O) groups excluding carboxylic acids is 1. The summed E-state index contributed by atoms with van der Waals surface area (Å²) in [5.74, 6) is 1.40. The molecule has 29 heavy (non-hydrogen) atoms. The van der Waals surface area contributed by atoms with E-state index in [1.807, 2.05) is 57.2 Å². The van der Waals surface area contributed by atoms with Gasteiger partial charge in [-0.05, 0) is 69.2 Å². The van der Waals surface area contributed by atoms with Gasteiger partial charge in [0.15, 0.2) is 0 Å². The Morgan fingerprint density at radius 1 is 1.07 bits per heavy atom. The van der Waals surface area contributed by atoms with Crippen LogP contribution in [0, 0.1) is 6.92 Å². The molecule has 0 spiro atoms. The number of aryl methyl sites for hydroxylation is 2. The number of benzene rings is 2. The summed E-state index contributed by atoms with van der Waals surface area (Å²) >= 11 is 1.35. The van der Waals surface area contributed by atoms with Crippen LogP contribution in [0.4, 0.5) is 5.69 Å². The Morgan fingerprint density at radius 2 is 1.72 bits per heavy atom. The molecule has 3 aromatic rings. The number of hydrogen-bond acceptors (Lipinski definition) is 5. The van der Waals surface area contributed by atoms with E-state index in [1.165, 1.54) is 16.9 Å². The minimum atomic E-state index is -0.170. The Bertz CT molecular complexity index is 947. The highest BCUT2D eigenvalue weighted by molar-refractivity contribution is 7.13. The molecule has 152 valence electrons. The fourth-order valence-electron chi connectivity index (χ4n) is 2.77. The summed E-state index contributed by atoms with van der Waals surface area (Å²) in [4.78, 5) is 17.7. The van der Waals surface area contributed by atoms with E-state index < -0.39 is 0 Å². The van der Waals surface area contributed by atoms with Crippen molar-refractivity contribution in [2.45, 2.75) is 46.8 Å². The zero-order valence-corrected chi connectivity index (χ0v) is 18.0. The minimum absolute atomic E-state index is 0.112. The molecule has 0 aliphatic heterocycles. The monoisotopic (exact) mass is 410 g/mol. The second kappa shape index (κ2) is 9.56. The average molecular weight is 411 g/mol. The van der Waals surface area contributed by atoms with Crippen molar-refractivity contribution in [3.05, 3.63) is 69.7 Å². The third kappa shape index (κ3) is 5.81. The molecule has 0 bridgehead atoms. The molecule has 1 aromatic heterocycles. The highest BCUT2D eigenvalue weighted by Gasteiger charge is 2.16. The SMILES string of the molecule is CCc1ccc(OCc2nc(C)c(C(=O)Nc3ccc(OC(C)C)cc3)s2)cc1. The van der Waals surface area contributed by atoms with Gasteiger partial charge in [0.25, 0.3) is 5.91 Å². The lowest BCUT2D eigenvalue weighted by Gasteiger charge is -2.10. The first-order chi connectivity index (χ1) is 13.9. The summed E-state index contributed by atoms with van der Waals surface area (Å²) in [5.41, 5.74) is 2.69. The van der Waals surface area contributed by atoms with Crippen LogP contribution in [0.15, 0.2) is 48.5 Å². The molecule has 0 atom stereocenters. The van der Waals surface area contributed by atoms with Gasteiger partial charge in [0.05, 0.1) is 11.8 Å². The van der Waals surface area contributed by atoms with Crippen LogP contribution < -0.4 is 14.8 Å². The highest BCUT2D eigenvalue weighted by atomic mass is 32.1. The third-order valence-electron chi connectivity index (χ3n) is 4.22. The second-order valence-electron chi connectivity index (χ2n) is 6.95. The molecule has 0 aliphatic rings. The molecule has 0 saturated heterocycles. The number of rotatable bonds is 8. The van der Waals surface area contributed by atoms with E-state index in [9.17, 15) is 4.79 Å². The van der Waals surface area contributed by atoms with Crippen LogP contribution >= 0.6 is 11.3 Å². The number of anilines is 1. The van der Waals surface area contributed by atoms with Crippen molar-refractivity contribution in [1.82, 2.24) is 4.98 Å². The summed E-state index contributed by atoms with van der Waals surface area (Å²) in [6.07, 6.45) is 1.11. The average Bonchev–Trinajstić information content (AvgIpc) is 3.08. The van der Waals surface area contributed by atoms with Gasteiger partial charge in [-0.3, -0.25) is 4.79 Å². The van der Waals surface area contributed by atoms with Crippen LogP contribution in [0.5, 0.6) is 11.5 Å². The standard InChI is InChI=1S/C23H26N2O3S/c1-5-17-6-10-19(11-7-17)27-14-21-24-16(4)22(29-21)23(26)25-18-8-12-20(13-9-18)28-15(2)3/h6-13,15H,5,14H2,1-4H3,(H,25,26). The second-order valence-corrected chi connectivity index (χ2v) is 8.04. The van der Waals surface area contributed by atoms with Crippen LogP contribution in [0.25, 0.3) is 0 Å². The number of nitrogens with zero attached hydrogens (tertiary/aromatic N) is 1. The summed E-state index contributed by atoms with van der Waals surface area (Å²) in [7, 11) is 0. The molecule has 0 fully saturated rings. The van der Waals surface area contributed by atoms with Crippen LogP contribution in [0.2, 0.25) is 0 Å². The lowest BCUT2D eigenvalue weighted by atomic mass is 10.2. The molecule has 1 heterocycles. The van der Waals surface area contributed by atoms with Gasteiger partial charge in [-0.2, -0.15) is 0 Å². The number of aromatic nitrogens is 1. The van der Waals surface area contributed by atoms with Crippen molar-refractivity contribution in [1.29, 1.82) is 0 Å². The van der Waals surface area contributed by atoms with Crippen LogP contribution in [0.3, 0.4) is 0 Å². The minimum Gasteiger partial charge on any atom is -0.491 e. The topological polar surface area (TPSA) is 60.5 Å². The number of nitrogens with one attached hydrogen (secondary N) is 1. The van der Waals surface area contributed by atoms with Gasteiger partial charge < -0.3 is 14.8 Å². The van der Waals surface area contributed by atoms with Crippen LogP contribution in [0.1, 0.15) is 46.7 Å². The van der Waals surface area contributed by atoms with Crippen molar-refractivity contribution in [2.24, 2.45) is 0 Å². The van der Waals surface area contributed by atoms with E-state index in [1.54, 1.807) is 0 Å². The predicted molar refractivity (Wildman–Crippen MR) is 117 cm³/mol. The number of carbonyl (C=O) groups is 1. The van der Waals surface area contributed by atoms with Gasteiger partial charge in [0.2, 0.25) is 0 Å². The summed E-state index contributed by atoms with van der Waals surface area (Å²) in [5, 5.41) is 3.69. The van der Waals surface area contributed by atoms with E-state index in [2.05, 4.69) is 29.4 Å². The molecule has 0 aliphatic carbocycles. The maximum atomic E-state index is 12.6. The summed E-state index contributed by atoms with van der Waals surface area (Å²) < 4.78 is 11.4. The van der Waals surface area contributed by atoms with Gasteiger partial charge in [-0.15, -0.1) is 11.3 Å². The van der Waals surface area contributed by atoms with Crippen molar-refractivity contribution in [2.75, 3.05) is 5.32 Å². The van der Waals surface area contributed by atoms with Gasteiger partial charge in [-0.1, -0.05) is 19.1 Å². The lowest BCUT2D eigenvalue weighted by molar-refractivity contribution is 0.102. The number of amides is 1. The van der Waals surface area contributed by atoms with Crippen molar-refractivity contribution >= 4 is 22.9 Å². The highest BCUT2D eigenvalue weighted by Crippen LogP contribution is 2.23. The first kappa shape index (κ1) is 20.9.